The first kappa shape index (κ1) is 18.9. The average molecular weight is 367 g/mol. The number of Topliss-reactive ketones (excluding diaryl/α,β-unsaturated/α-hetero) is 1. The molecule has 1 unspecified atom stereocenters. The van der Waals surface area contributed by atoms with Crippen molar-refractivity contribution in [2.24, 2.45) is 20.0 Å². The molecule has 0 fully saturated rings. The van der Waals surface area contributed by atoms with Crippen molar-refractivity contribution in [1.82, 2.24) is 29.3 Å². The number of thioether (sulfide) groups is 1. The number of nitrogens with zero attached hydrogens (tertiary/aromatic N) is 6. The molecule has 136 valence electrons. The second kappa shape index (κ2) is 7.21. The van der Waals surface area contributed by atoms with Gasteiger partial charge in [-0.15, -0.1) is 5.10 Å². The smallest absolute Gasteiger partial charge is 0.332 e. The van der Waals surface area contributed by atoms with E-state index in [0.717, 1.165) is 20.9 Å². The maximum absolute atomic E-state index is 12.8. The molecule has 0 saturated carbocycles. The summed E-state index contributed by atoms with van der Waals surface area (Å²) in [5, 5.41) is 11.3. The van der Waals surface area contributed by atoms with Gasteiger partial charge in [0.25, 0.3) is 5.56 Å². The maximum atomic E-state index is 12.8. The molecule has 2 aromatic heterocycles. The van der Waals surface area contributed by atoms with Crippen molar-refractivity contribution in [3.05, 3.63) is 26.4 Å². The third-order valence-electron chi connectivity index (χ3n) is 3.64. The summed E-state index contributed by atoms with van der Waals surface area (Å²) in [6, 6.07) is 0. The Balaban J connectivity index is 2.35. The van der Waals surface area contributed by atoms with Gasteiger partial charge < -0.3 is 5.73 Å². The number of carbonyl (C=O) groups is 1. The predicted molar refractivity (Wildman–Crippen MR) is 93.6 cm³/mol. The molecule has 0 saturated heterocycles. The van der Waals surface area contributed by atoms with E-state index in [1.54, 1.807) is 11.6 Å². The lowest BCUT2D eigenvalue weighted by Crippen LogP contribution is -2.42. The van der Waals surface area contributed by atoms with Crippen LogP contribution in [0.3, 0.4) is 0 Å². The molecule has 2 N–H and O–H groups in total. The summed E-state index contributed by atoms with van der Waals surface area (Å²) < 4.78 is 3.56. The van der Waals surface area contributed by atoms with Gasteiger partial charge >= 0.3 is 5.69 Å². The van der Waals surface area contributed by atoms with Gasteiger partial charge in [-0.05, 0) is 23.3 Å². The standard InChI is InChI=1S/C14H21N7O3S/c1-7(2)6-21-13(16-17-18-21)25-8(3)10(22)9-11(15)19(4)14(24)20(5)12(9)23/h7-8H,6,15H2,1-5H3. The summed E-state index contributed by atoms with van der Waals surface area (Å²) in [5.74, 6) is -0.287. The zero-order valence-corrected chi connectivity index (χ0v) is 15.6. The molecule has 10 nitrogen and oxygen atoms in total. The van der Waals surface area contributed by atoms with E-state index in [1.165, 1.54) is 14.1 Å². The van der Waals surface area contributed by atoms with Gasteiger partial charge in [-0.25, -0.2) is 9.48 Å². The van der Waals surface area contributed by atoms with Crippen molar-refractivity contribution in [3.63, 3.8) is 0 Å². The van der Waals surface area contributed by atoms with Gasteiger partial charge in [-0.1, -0.05) is 25.6 Å². The van der Waals surface area contributed by atoms with Crippen LogP contribution < -0.4 is 17.0 Å². The van der Waals surface area contributed by atoms with Crippen molar-refractivity contribution in [2.75, 3.05) is 5.73 Å². The minimum Gasteiger partial charge on any atom is -0.384 e. The van der Waals surface area contributed by atoms with E-state index in [-0.39, 0.29) is 11.4 Å². The van der Waals surface area contributed by atoms with Crippen molar-refractivity contribution in [3.8, 4) is 0 Å². The van der Waals surface area contributed by atoms with Crippen LogP contribution in [-0.4, -0.2) is 40.4 Å². The molecule has 0 spiro atoms. The summed E-state index contributed by atoms with van der Waals surface area (Å²) in [4.78, 5) is 36.9. The summed E-state index contributed by atoms with van der Waals surface area (Å²) >= 11 is 1.14. The molecule has 0 amide bonds. The molecule has 0 radical (unpaired) electrons. The molecule has 25 heavy (non-hydrogen) atoms. The fraction of sp³-hybridized carbons (Fsp3) is 0.571. The highest BCUT2D eigenvalue weighted by Crippen LogP contribution is 2.24. The summed E-state index contributed by atoms with van der Waals surface area (Å²) in [7, 11) is 2.72. The average Bonchev–Trinajstić information content (AvgIpc) is 2.97. The van der Waals surface area contributed by atoms with E-state index >= 15 is 0 Å². The fourth-order valence-corrected chi connectivity index (χ4v) is 3.11. The quantitative estimate of drug-likeness (QED) is 0.542. The van der Waals surface area contributed by atoms with Gasteiger partial charge in [0, 0.05) is 20.6 Å². The van der Waals surface area contributed by atoms with Crippen LogP contribution in [0, 0.1) is 5.92 Å². The minimum absolute atomic E-state index is 0.146. The molecule has 0 aliphatic rings. The van der Waals surface area contributed by atoms with E-state index in [1.807, 2.05) is 13.8 Å². The number of tetrazole rings is 1. The molecular formula is C14H21N7O3S. The Morgan fingerprint density at radius 1 is 1.20 bits per heavy atom. The van der Waals surface area contributed by atoms with Crippen LogP contribution in [0.2, 0.25) is 0 Å². The second-order valence-corrected chi connectivity index (χ2v) is 7.44. The molecule has 2 rings (SSSR count). The van der Waals surface area contributed by atoms with Crippen LogP contribution in [0.4, 0.5) is 5.82 Å². The number of carbonyl (C=O) groups excluding carboxylic acids is 1. The van der Waals surface area contributed by atoms with E-state index < -0.39 is 22.3 Å². The van der Waals surface area contributed by atoms with Gasteiger partial charge in [0.15, 0.2) is 5.78 Å². The minimum atomic E-state index is -0.708. The zero-order chi connectivity index (χ0) is 18.9. The van der Waals surface area contributed by atoms with Gasteiger partial charge in [0.05, 0.1) is 5.25 Å². The maximum Gasteiger partial charge on any atom is 0.332 e. The number of anilines is 1. The number of hydrogen-bond donors (Lipinski definition) is 1. The first-order valence-corrected chi connectivity index (χ1v) is 8.55. The monoisotopic (exact) mass is 367 g/mol. The first-order valence-electron chi connectivity index (χ1n) is 7.67. The van der Waals surface area contributed by atoms with Crippen LogP contribution in [0.1, 0.15) is 31.1 Å². The summed E-state index contributed by atoms with van der Waals surface area (Å²) in [5.41, 5.74) is 4.34. The van der Waals surface area contributed by atoms with Gasteiger partial charge in [0.2, 0.25) is 5.16 Å². The molecule has 11 heteroatoms. The molecule has 2 aromatic rings. The third kappa shape index (κ3) is 3.65. The highest BCUT2D eigenvalue weighted by molar-refractivity contribution is 8.00. The van der Waals surface area contributed by atoms with E-state index in [4.69, 9.17) is 5.73 Å². The Morgan fingerprint density at radius 3 is 2.44 bits per heavy atom. The lowest BCUT2D eigenvalue weighted by molar-refractivity contribution is 0.0992. The number of nitrogens with two attached hydrogens (primary N) is 1. The highest BCUT2D eigenvalue weighted by Gasteiger charge is 2.27. The molecule has 0 aliphatic carbocycles. The Labute approximate surface area is 148 Å². The molecule has 1 atom stereocenters. The lowest BCUT2D eigenvalue weighted by atomic mass is 10.1. The Kier molecular flexibility index (Phi) is 5.45. The normalized spacial score (nSPS) is 12.6. The van der Waals surface area contributed by atoms with Crippen molar-refractivity contribution < 1.29 is 4.79 Å². The van der Waals surface area contributed by atoms with Crippen molar-refractivity contribution >= 4 is 23.4 Å². The van der Waals surface area contributed by atoms with E-state index in [2.05, 4.69) is 15.5 Å². The van der Waals surface area contributed by atoms with Crippen molar-refractivity contribution in [2.45, 2.75) is 37.7 Å². The van der Waals surface area contributed by atoms with E-state index in [0.29, 0.717) is 17.6 Å². The Morgan fingerprint density at radius 2 is 1.84 bits per heavy atom. The number of nitrogen functional groups attached to an aromatic ring is 1. The largest absolute Gasteiger partial charge is 0.384 e. The van der Waals surface area contributed by atoms with Crippen LogP contribution >= 0.6 is 11.8 Å². The molecule has 2 heterocycles. The second-order valence-electron chi connectivity index (χ2n) is 6.13. The topological polar surface area (TPSA) is 131 Å². The molecule has 0 aromatic carbocycles. The van der Waals surface area contributed by atoms with Crippen LogP contribution in [0.5, 0.6) is 0 Å². The van der Waals surface area contributed by atoms with Crippen molar-refractivity contribution in [1.29, 1.82) is 0 Å². The molecular weight excluding hydrogens is 346 g/mol. The van der Waals surface area contributed by atoms with Gasteiger partial charge in [-0.2, -0.15) is 0 Å². The van der Waals surface area contributed by atoms with Crippen LogP contribution in [0.15, 0.2) is 14.7 Å². The number of ketones is 1. The number of aromatic nitrogens is 6. The SMILES string of the molecule is CC(C)Cn1nnnc1SC(C)C(=O)c1c(N)n(C)c(=O)n(C)c1=O. The van der Waals surface area contributed by atoms with Gasteiger partial charge in [-0.3, -0.25) is 18.7 Å². The summed E-state index contributed by atoms with van der Waals surface area (Å²) in [6.07, 6.45) is 0. The zero-order valence-electron chi connectivity index (χ0n) is 14.8. The molecule has 0 aliphatic heterocycles. The Bertz CT molecular complexity index is 912. The van der Waals surface area contributed by atoms with E-state index in [9.17, 15) is 14.4 Å². The molecule has 0 bridgehead atoms. The fourth-order valence-electron chi connectivity index (χ4n) is 2.25. The number of rotatable bonds is 6. The van der Waals surface area contributed by atoms with Gasteiger partial charge in [0.1, 0.15) is 11.4 Å². The summed E-state index contributed by atoms with van der Waals surface area (Å²) in [6.45, 7) is 6.31. The number of hydrogen-bond acceptors (Lipinski definition) is 8. The van der Waals surface area contributed by atoms with Crippen LogP contribution in [-0.2, 0) is 20.6 Å². The highest BCUT2D eigenvalue weighted by atomic mass is 32.2. The third-order valence-corrected chi connectivity index (χ3v) is 4.72. The lowest BCUT2D eigenvalue weighted by Gasteiger charge is -2.14. The van der Waals surface area contributed by atoms with Crippen LogP contribution in [0.25, 0.3) is 0 Å². The first-order chi connectivity index (χ1) is 11.6. The predicted octanol–water partition coefficient (Wildman–Crippen LogP) is -0.328. The Hall–Kier alpha value is -2.43.